The molecule has 1 aromatic heterocycles. The highest BCUT2D eigenvalue weighted by atomic mass is 32.2. The number of nitrogens with zero attached hydrogens (tertiary/aromatic N) is 3. The Morgan fingerprint density at radius 2 is 2.00 bits per heavy atom. The molecule has 2 aromatic rings. The van der Waals surface area contributed by atoms with E-state index in [0.29, 0.717) is 22.5 Å². The summed E-state index contributed by atoms with van der Waals surface area (Å²) >= 11 is 1.48. The van der Waals surface area contributed by atoms with Crippen molar-refractivity contribution in [3.8, 4) is 11.8 Å². The maximum Gasteiger partial charge on any atom is 0.189 e. The van der Waals surface area contributed by atoms with Crippen molar-refractivity contribution < 1.29 is 9.13 Å². The average molecular weight is 332 g/mol. The van der Waals surface area contributed by atoms with Crippen LogP contribution >= 0.6 is 11.8 Å². The fraction of sp³-hybridized carbons (Fsp3) is 0.312. The van der Waals surface area contributed by atoms with Crippen LogP contribution in [0.1, 0.15) is 25.1 Å². The summed E-state index contributed by atoms with van der Waals surface area (Å²) in [7, 11) is 0. The first kappa shape index (κ1) is 17.0. The SMILES string of the molecule is CC(C)CSc1nc(N)c(C#N)c(COc2ccc(F)cc2)n1. The number of halogens is 1. The summed E-state index contributed by atoms with van der Waals surface area (Å²) in [6, 6.07) is 7.64. The first-order valence-corrected chi connectivity index (χ1v) is 8.05. The smallest absolute Gasteiger partial charge is 0.189 e. The molecule has 0 amide bonds. The molecule has 0 atom stereocenters. The number of hydrogen-bond acceptors (Lipinski definition) is 6. The summed E-state index contributed by atoms with van der Waals surface area (Å²) in [4.78, 5) is 8.50. The zero-order chi connectivity index (χ0) is 16.8. The van der Waals surface area contributed by atoms with Crippen LogP contribution in [0.2, 0.25) is 0 Å². The lowest BCUT2D eigenvalue weighted by Gasteiger charge is -2.10. The molecular formula is C16H17FN4OS. The summed E-state index contributed by atoms with van der Waals surface area (Å²) in [5.74, 6) is 1.63. The van der Waals surface area contributed by atoms with Crippen molar-refractivity contribution in [2.45, 2.75) is 25.6 Å². The van der Waals surface area contributed by atoms with Crippen molar-refractivity contribution in [1.82, 2.24) is 9.97 Å². The number of nitriles is 1. The van der Waals surface area contributed by atoms with E-state index in [1.165, 1.54) is 36.0 Å². The van der Waals surface area contributed by atoms with Gasteiger partial charge in [-0.15, -0.1) is 0 Å². The van der Waals surface area contributed by atoms with Crippen LogP contribution in [0.4, 0.5) is 10.2 Å². The molecule has 1 heterocycles. The van der Waals surface area contributed by atoms with Gasteiger partial charge in [-0.1, -0.05) is 25.6 Å². The van der Waals surface area contributed by atoms with Gasteiger partial charge in [0.15, 0.2) is 5.16 Å². The number of nitrogen functional groups attached to an aromatic ring is 1. The zero-order valence-corrected chi connectivity index (χ0v) is 13.7. The molecule has 120 valence electrons. The molecule has 2 N–H and O–H groups in total. The summed E-state index contributed by atoms with van der Waals surface area (Å²) in [6.07, 6.45) is 0. The summed E-state index contributed by atoms with van der Waals surface area (Å²) in [6.45, 7) is 4.26. The van der Waals surface area contributed by atoms with E-state index in [1.54, 1.807) is 0 Å². The summed E-state index contributed by atoms with van der Waals surface area (Å²) in [5, 5.41) is 9.74. The van der Waals surface area contributed by atoms with Gasteiger partial charge >= 0.3 is 0 Å². The predicted octanol–water partition coefficient (Wildman–Crippen LogP) is 3.40. The quantitative estimate of drug-likeness (QED) is 0.644. The lowest BCUT2D eigenvalue weighted by atomic mass is 10.2. The van der Waals surface area contributed by atoms with E-state index in [-0.39, 0.29) is 23.8 Å². The molecule has 0 fully saturated rings. The van der Waals surface area contributed by atoms with Gasteiger partial charge in [0.2, 0.25) is 0 Å². The molecule has 0 bridgehead atoms. The molecule has 23 heavy (non-hydrogen) atoms. The average Bonchev–Trinajstić information content (AvgIpc) is 2.52. The number of thioether (sulfide) groups is 1. The highest BCUT2D eigenvalue weighted by Gasteiger charge is 2.14. The Morgan fingerprint density at radius 3 is 2.61 bits per heavy atom. The van der Waals surface area contributed by atoms with E-state index >= 15 is 0 Å². The second kappa shape index (κ2) is 7.79. The number of benzene rings is 1. The van der Waals surface area contributed by atoms with Gasteiger partial charge in [-0.05, 0) is 30.2 Å². The largest absolute Gasteiger partial charge is 0.487 e. The topological polar surface area (TPSA) is 84.8 Å². The van der Waals surface area contributed by atoms with Crippen LogP contribution in [-0.4, -0.2) is 15.7 Å². The van der Waals surface area contributed by atoms with Gasteiger partial charge in [0.05, 0.1) is 0 Å². The Bertz CT molecular complexity index is 713. The van der Waals surface area contributed by atoms with Crippen LogP contribution in [0.3, 0.4) is 0 Å². The zero-order valence-electron chi connectivity index (χ0n) is 12.9. The van der Waals surface area contributed by atoms with Crippen LogP contribution in [0.25, 0.3) is 0 Å². The Morgan fingerprint density at radius 1 is 1.30 bits per heavy atom. The standard InChI is InChI=1S/C16H17FN4OS/c1-10(2)9-23-16-20-14(13(7-18)15(19)21-16)8-22-12-5-3-11(17)4-6-12/h3-6,10H,8-9H2,1-2H3,(H2,19,20,21). The molecule has 7 heteroatoms. The van der Waals surface area contributed by atoms with Crippen LogP contribution < -0.4 is 10.5 Å². The minimum atomic E-state index is -0.339. The number of ether oxygens (including phenoxy) is 1. The summed E-state index contributed by atoms with van der Waals surface area (Å²) < 4.78 is 18.4. The molecule has 0 radical (unpaired) electrons. The summed E-state index contributed by atoms with van der Waals surface area (Å²) in [5.41, 5.74) is 6.47. The van der Waals surface area contributed by atoms with E-state index in [9.17, 15) is 9.65 Å². The van der Waals surface area contributed by atoms with E-state index in [4.69, 9.17) is 10.5 Å². The molecule has 0 aliphatic heterocycles. The van der Waals surface area contributed by atoms with E-state index in [2.05, 4.69) is 23.8 Å². The van der Waals surface area contributed by atoms with Crippen molar-refractivity contribution in [3.63, 3.8) is 0 Å². The molecule has 1 aromatic carbocycles. The Labute approximate surface area is 138 Å². The van der Waals surface area contributed by atoms with E-state index in [1.807, 2.05) is 6.07 Å². The molecule has 0 saturated carbocycles. The highest BCUT2D eigenvalue weighted by Crippen LogP contribution is 2.22. The molecule has 0 saturated heterocycles. The second-order valence-corrected chi connectivity index (χ2v) is 6.26. The first-order chi connectivity index (χ1) is 11.0. The van der Waals surface area contributed by atoms with Gasteiger partial charge in [-0.25, -0.2) is 14.4 Å². The molecular weight excluding hydrogens is 315 g/mol. The molecule has 0 aliphatic carbocycles. The van der Waals surface area contributed by atoms with E-state index < -0.39 is 0 Å². The fourth-order valence-corrected chi connectivity index (χ4v) is 2.54. The number of nitrogens with two attached hydrogens (primary N) is 1. The third kappa shape index (κ3) is 4.83. The normalized spacial score (nSPS) is 10.6. The predicted molar refractivity (Wildman–Crippen MR) is 87.5 cm³/mol. The van der Waals surface area contributed by atoms with Gasteiger partial charge in [0.1, 0.15) is 41.3 Å². The number of hydrogen-bond donors (Lipinski definition) is 1. The van der Waals surface area contributed by atoms with Crippen molar-refractivity contribution >= 4 is 17.6 Å². The number of aromatic nitrogens is 2. The Balaban J connectivity index is 2.18. The van der Waals surface area contributed by atoms with Gasteiger partial charge in [0.25, 0.3) is 0 Å². The lowest BCUT2D eigenvalue weighted by Crippen LogP contribution is -2.08. The van der Waals surface area contributed by atoms with Crippen molar-refractivity contribution in [3.05, 3.63) is 41.3 Å². The van der Waals surface area contributed by atoms with Crippen LogP contribution in [0.15, 0.2) is 29.4 Å². The van der Waals surface area contributed by atoms with Crippen LogP contribution in [0.5, 0.6) is 5.75 Å². The Hall–Kier alpha value is -2.33. The van der Waals surface area contributed by atoms with Gasteiger partial charge < -0.3 is 10.5 Å². The lowest BCUT2D eigenvalue weighted by molar-refractivity contribution is 0.299. The first-order valence-electron chi connectivity index (χ1n) is 7.07. The minimum Gasteiger partial charge on any atom is -0.487 e. The van der Waals surface area contributed by atoms with Gasteiger partial charge in [-0.2, -0.15) is 5.26 Å². The van der Waals surface area contributed by atoms with Crippen molar-refractivity contribution in [2.24, 2.45) is 5.92 Å². The number of rotatable bonds is 6. The van der Waals surface area contributed by atoms with Crippen molar-refractivity contribution in [1.29, 1.82) is 5.26 Å². The van der Waals surface area contributed by atoms with Crippen molar-refractivity contribution in [2.75, 3.05) is 11.5 Å². The molecule has 5 nitrogen and oxygen atoms in total. The molecule has 0 aliphatic rings. The van der Waals surface area contributed by atoms with E-state index in [0.717, 1.165) is 5.75 Å². The monoisotopic (exact) mass is 332 g/mol. The maximum absolute atomic E-state index is 12.9. The third-order valence-corrected chi connectivity index (χ3v) is 4.11. The third-order valence-electron chi connectivity index (χ3n) is 2.84. The minimum absolute atomic E-state index is 0.0660. The highest BCUT2D eigenvalue weighted by molar-refractivity contribution is 7.99. The second-order valence-electron chi connectivity index (χ2n) is 5.27. The van der Waals surface area contributed by atoms with Crippen LogP contribution in [-0.2, 0) is 6.61 Å². The Kier molecular flexibility index (Phi) is 5.77. The number of anilines is 1. The van der Waals surface area contributed by atoms with Gasteiger partial charge in [0, 0.05) is 5.75 Å². The van der Waals surface area contributed by atoms with Crippen LogP contribution in [0, 0.1) is 23.1 Å². The van der Waals surface area contributed by atoms with Gasteiger partial charge in [-0.3, -0.25) is 0 Å². The maximum atomic E-state index is 12.9. The molecule has 0 spiro atoms. The molecule has 0 unspecified atom stereocenters. The fourth-order valence-electron chi connectivity index (χ4n) is 1.72. The molecule has 2 rings (SSSR count).